The predicted molar refractivity (Wildman–Crippen MR) is 113 cm³/mol. The van der Waals surface area contributed by atoms with Crippen molar-refractivity contribution in [2.24, 2.45) is 0 Å². The lowest BCUT2D eigenvalue weighted by Crippen LogP contribution is -2.33. The summed E-state index contributed by atoms with van der Waals surface area (Å²) in [7, 11) is 3.67. The second-order valence-electron chi connectivity index (χ2n) is 6.64. The van der Waals surface area contributed by atoms with Crippen LogP contribution in [-0.2, 0) is 4.79 Å². The van der Waals surface area contributed by atoms with Gasteiger partial charge in [0.05, 0.1) is 12.4 Å². The van der Waals surface area contributed by atoms with E-state index >= 15 is 0 Å². The van der Waals surface area contributed by atoms with E-state index in [4.69, 9.17) is 10.5 Å². The van der Waals surface area contributed by atoms with Crippen molar-refractivity contribution in [2.75, 3.05) is 37.8 Å². The topological polar surface area (TPSA) is 97.5 Å². The second-order valence-corrected chi connectivity index (χ2v) is 6.64. The maximum absolute atomic E-state index is 11.3. The summed E-state index contributed by atoms with van der Waals surface area (Å²) < 4.78 is 5.84. The lowest BCUT2D eigenvalue weighted by Gasteiger charge is -2.22. The van der Waals surface area contributed by atoms with Gasteiger partial charge in [-0.1, -0.05) is 12.1 Å². The number of pyridine rings is 1. The Morgan fingerprint density at radius 2 is 1.86 bits per heavy atom. The molecule has 0 aliphatic rings. The summed E-state index contributed by atoms with van der Waals surface area (Å²) in [4.78, 5) is 27.7. The summed E-state index contributed by atoms with van der Waals surface area (Å²) in [6.07, 6.45) is 4.89. The number of ether oxygens (including phenoxy) is 1. The van der Waals surface area contributed by atoms with Crippen LogP contribution in [0, 0.1) is 0 Å². The molecule has 0 spiro atoms. The van der Waals surface area contributed by atoms with Crippen LogP contribution in [0.3, 0.4) is 0 Å². The molecule has 2 N–H and O–H groups in total. The van der Waals surface area contributed by atoms with Crippen LogP contribution in [0.25, 0.3) is 11.1 Å². The molecule has 150 valence electrons. The molecule has 0 aliphatic carbocycles. The molecule has 29 heavy (non-hydrogen) atoms. The highest BCUT2D eigenvalue weighted by molar-refractivity contribution is 5.74. The van der Waals surface area contributed by atoms with Crippen molar-refractivity contribution in [1.29, 1.82) is 0 Å². The van der Waals surface area contributed by atoms with Crippen LogP contribution in [-0.4, -0.2) is 52.9 Å². The number of hydrogen-bond acceptors (Lipinski definition) is 7. The first-order valence-corrected chi connectivity index (χ1v) is 9.17. The minimum absolute atomic E-state index is 0.0260. The lowest BCUT2D eigenvalue weighted by atomic mass is 10.1. The highest BCUT2D eigenvalue weighted by Gasteiger charge is 2.09. The van der Waals surface area contributed by atoms with Crippen LogP contribution in [0.2, 0.25) is 0 Å². The number of carbonyl (C=O) groups is 1. The van der Waals surface area contributed by atoms with Gasteiger partial charge in [0, 0.05) is 45.9 Å². The minimum atomic E-state index is 0.0260. The third-order valence-electron chi connectivity index (χ3n) is 4.53. The average molecular weight is 392 g/mol. The van der Waals surface area contributed by atoms with E-state index < -0.39 is 0 Å². The largest absolute Gasteiger partial charge is 0.437 e. The van der Waals surface area contributed by atoms with Gasteiger partial charge in [-0.15, -0.1) is 0 Å². The minimum Gasteiger partial charge on any atom is -0.437 e. The predicted octanol–water partition coefficient (Wildman–Crippen LogP) is 2.83. The highest BCUT2D eigenvalue weighted by Crippen LogP contribution is 2.27. The molecule has 0 saturated heterocycles. The van der Waals surface area contributed by atoms with Gasteiger partial charge in [0.2, 0.25) is 11.8 Å². The first-order chi connectivity index (χ1) is 13.9. The Morgan fingerprint density at radius 1 is 1.10 bits per heavy atom. The molecule has 0 aliphatic heterocycles. The normalized spacial score (nSPS) is 10.4. The number of anilines is 2. The molecule has 0 unspecified atom stereocenters. The van der Waals surface area contributed by atoms with E-state index in [1.54, 1.807) is 37.5 Å². The fraction of sp³-hybridized carbons (Fsp3) is 0.238. The summed E-state index contributed by atoms with van der Waals surface area (Å²) in [5.41, 5.74) is 7.76. The Balaban J connectivity index is 1.67. The summed E-state index contributed by atoms with van der Waals surface area (Å²) in [6.45, 7) is 2.77. The number of carbonyl (C=O) groups excluding carboxylic acids is 1. The third kappa shape index (κ3) is 5.19. The Bertz CT molecular complexity index is 977. The van der Waals surface area contributed by atoms with Crippen LogP contribution in [0.1, 0.15) is 6.92 Å². The SMILES string of the molecule is CC(=O)N(C)CCN(C)c1cncc(Oc2ccc(-c3cccnc3N)cc2)n1. The molecule has 0 saturated carbocycles. The summed E-state index contributed by atoms with van der Waals surface area (Å²) >= 11 is 0. The smallest absolute Gasteiger partial charge is 0.239 e. The summed E-state index contributed by atoms with van der Waals surface area (Å²) in [5.74, 6) is 2.21. The first kappa shape index (κ1) is 20.1. The Morgan fingerprint density at radius 3 is 2.55 bits per heavy atom. The number of nitrogen functional groups attached to an aromatic ring is 1. The monoisotopic (exact) mass is 392 g/mol. The maximum Gasteiger partial charge on any atom is 0.239 e. The maximum atomic E-state index is 11.3. The van der Waals surface area contributed by atoms with Gasteiger partial charge >= 0.3 is 0 Å². The molecule has 3 rings (SSSR count). The number of nitrogens with two attached hydrogens (primary N) is 1. The zero-order valence-corrected chi connectivity index (χ0v) is 16.7. The number of aromatic nitrogens is 3. The van der Waals surface area contributed by atoms with E-state index in [1.807, 2.05) is 48.3 Å². The van der Waals surface area contributed by atoms with Crippen LogP contribution in [0.4, 0.5) is 11.6 Å². The van der Waals surface area contributed by atoms with Gasteiger partial charge in [0.15, 0.2) is 5.82 Å². The molecule has 2 aromatic heterocycles. The molecule has 1 aromatic carbocycles. The van der Waals surface area contributed by atoms with E-state index in [-0.39, 0.29) is 5.91 Å². The molecule has 3 aromatic rings. The Labute approximate surface area is 170 Å². The third-order valence-corrected chi connectivity index (χ3v) is 4.53. The number of amides is 1. The number of nitrogens with zero attached hydrogens (tertiary/aromatic N) is 5. The first-order valence-electron chi connectivity index (χ1n) is 9.17. The molecule has 0 atom stereocenters. The van der Waals surface area contributed by atoms with Crippen LogP contribution in [0.15, 0.2) is 55.0 Å². The van der Waals surface area contributed by atoms with Crippen LogP contribution < -0.4 is 15.4 Å². The number of hydrogen-bond donors (Lipinski definition) is 1. The molecule has 0 fully saturated rings. The summed E-state index contributed by atoms with van der Waals surface area (Å²) in [5, 5.41) is 0. The molecule has 2 heterocycles. The van der Waals surface area contributed by atoms with Gasteiger partial charge < -0.3 is 20.3 Å². The van der Waals surface area contributed by atoms with E-state index in [1.165, 1.54) is 0 Å². The van der Waals surface area contributed by atoms with E-state index in [0.29, 0.717) is 36.4 Å². The molecule has 0 bridgehead atoms. The van der Waals surface area contributed by atoms with Crippen LogP contribution >= 0.6 is 0 Å². The van der Waals surface area contributed by atoms with Gasteiger partial charge in [-0.2, -0.15) is 4.98 Å². The van der Waals surface area contributed by atoms with Gasteiger partial charge in [0.1, 0.15) is 11.6 Å². The molecule has 8 nitrogen and oxygen atoms in total. The fourth-order valence-corrected chi connectivity index (χ4v) is 2.63. The second kappa shape index (κ2) is 9.01. The quantitative estimate of drug-likeness (QED) is 0.660. The molecular weight excluding hydrogens is 368 g/mol. The highest BCUT2D eigenvalue weighted by atomic mass is 16.5. The van der Waals surface area contributed by atoms with E-state index in [0.717, 1.165) is 11.1 Å². The zero-order valence-electron chi connectivity index (χ0n) is 16.7. The van der Waals surface area contributed by atoms with Gasteiger partial charge in [0.25, 0.3) is 0 Å². The zero-order chi connectivity index (χ0) is 20.8. The Kier molecular flexibility index (Phi) is 6.23. The Hall–Kier alpha value is -3.68. The molecule has 1 amide bonds. The van der Waals surface area contributed by atoms with Gasteiger partial charge in [-0.25, -0.2) is 4.98 Å². The lowest BCUT2D eigenvalue weighted by molar-refractivity contribution is -0.127. The summed E-state index contributed by atoms with van der Waals surface area (Å²) in [6, 6.07) is 11.3. The van der Waals surface area contributed by atoms with Crippen molar-refractivity contribution in [3.63, 3.8) is 0 Å². The van der Waals surface area contributed by atoms with Crippen molar-refractivity contribution in [1.82, 2.24) is 19.9 Å². The fourth-order valence-electron chi connectivity index (χ4n) is 2.63. The van der Waals surface area contributed by atoms with E-state index in [9.17, 15) is 4.79 Å². The van der Waals surface area contributed by atoms with E-state index in [2.05, 4.69) is 15.0 Å². The van der Waals surface area contributed by atoms with Crippen molar-refractivity contribution in [3.05, 3.63) is 55.0 Å². The van der Waals surface area contributed by atoms with Crippen molar-refractivity contribution < 1.29 is 9.53 Å². The number of benzene rings is 1. The molecule has 8 heteroatoms. The van der Waals surface area contributed by atoms with Crippen molar-refractivity contribution in [3.8, 4) is 22.8 Å². The van der Waals surface area contributed by atoms with Gasteiger partial charge in [-0.05, 0) is 29.8 Å². The number of rotatable bonds is 7. The molecular formula is C21H24N6O2. The number of likely N-dealkylation sites (N-methyl/N-ethyl adjacent to an activating group) is 2. The molecule has 0 radical (unpaired) electrons. The average Bonchev–Trinajstić information content (AvgIpc) is 2.73. The van der Waals surface area contributed by atoms with Crippen LogP contribution in [0.5, 0.6) is 11.6 Å². The van der Waals surface area contributed by atoms with Gasteiger partial charge in [-0.3, -0.25) is 9.78 Å². The van der Waals surface area contributed by atoms with Crippen molar-refractivity contribution in [2.45, 2.75) is 6.92 Å². The van der Waals surface area contributed by atoms with Crippen molar-refractivity contribution >= 4 is 17.5 Å². The standard InChI is InChI=1S/C21H24N6O2/c1-15(28)26(2)11-12-27(3)19-13-23-14-20(25-19)29-17-8-6-16(7-9-17)18-5-4-10-24-21(18)22/h4-10,13-14H,11-12H2,1-3H3,(H2,22,24).